The maximum atomic E-state index is 14.2. The minimum Gasteiger partial charge on any atom is -0.352 e. The van der Waals surface area contributed by atoms with E-state index in [0.29, 0.717) is 10.4 Å². The number of carbonyl (C=O) groups is 2. The second-order valence-corrected chi connectivity index (χ2v) is 13.4. The summed E-state index contributed by atoms with van der Waals surface area (Å²) < 4.78 is 67.2. The Balaban J connectivity index is 1.78. The fraction of sp³-hybridized carbons (Fsp3) is 0.375. The van der Waals surface area contributed by atoms with Gasteiger partial charge in [-0.2, -0.15) is 13.2 Å². The molecular formula is C32H35ClF3N3O4S. The lowest BCUT2D eigenvalue weighted by Crippen LogP contribution is -2.54. The van der Waals surface area contributed by atoms with Gasteiger partial charge < -0.3 is 10.2 Å². The van der Waals surface area contributed by atoms with Crippen LogP contribution in [0.15, 0.2) is 72.8 Å². The second kappa shape index (κ2) is 14.0. The van der Waals surface area contributed by atoms with Crippen molar-refractivity contribution in [1.29, 1.82) is 0 Å². The highest BCUT2D eigenvalue weighted by atomic mass is 35.5. The first kappa shape index (κ1) is 33.3. The molecule has 1 fully saturated rings. The highest BCUT2D eigenvalue weighted by Gasteiger charge is 2.36. The summed E-state index contributed by atoms with van der Waals surface area (Å²) in [6.07, 6.45) is -0.279. The maximum Gasteiger partial charge on any atom is 0.416 e. The van der Waals surface area contributed by atoms with Gasteiger partial charge in [-0.1, -0.05) is 79.0 Å². The Kier molecular flexibility index (Phi) is 10.6. The summed E-state index contributed by atoms with van der Waals surface area (Å²) >= 11 is 6.21. The molecule has 0 saturated heterocycles. The van der Waals surface area contributed by atoms with Gasteiger partial charge >= 0.3 is 6.18 Å². The average Bonchev–Trinajstić information content (AvgIpc) is 3.47. The molecule has 0 aliphatic heterocycles. The molecule has 0 spiro atoms. The lowest BCUT2D eigenvalue weighted by Gasteiger charge is -2.34. The molecule has 2 amide bonds. The number of hydrogen-bond acceptors (Lipinski definition) is 4. The Morgan fingerprint density at radius 3 is 2.25 bits per heavy atom. The number of benzene rings is 3. The number of rotatable bonds is 11. The van der Waals surface area contributed by atoms with Crippen LogP contribution in [-0.2, 0) is 38.8 Å². The van der Waals surface area contributed by atoms with E-state index in [2.05, 4.69) is 5.32 Å². The van der Waals surface area contributed by atoms with Crippen molar-refractivity contribution < 1.29 is 31.2 Å². The van der Waals surface area contributed by atoms with Crippen molar-refractivity contribution in [3.8, 4) is 0 Å². The number of sulfonamides is 1. The van der Waals surface area contributed by atoms with Crippen LogP contribution in [0.25, 0.3) is 0 Å². The lowest BCUT2D eigenvalue weighted by molar-refractivity contribution is -0.140. The van der Waals surface area contributed by atoms with Crippen molar-refractivity contribution in [2.75, 3.05) is 17.1 Å². The first-order valence-electron chi connectivity index (χ1n) is 14.3. The summed E-state index contributed by atoms with van der Waals surface area (Å²) in [6.45, 7) is 0.955. The number of carbonyl (C=O) groups excluding carboxylic acids is 2. The van der Waals surface area contributed by atoms with Crippen LogP contribution in [0.2, 0.25) is 5.02 Å². The number of alkyl halides is 3. The van der Waals surface area contributed by atoms with Gasteiger partial charge in [0.2, 0.25) is 21.8 Å². The van der Waals surface area contributed by atoms with Gasteiger partial charge in [-0.3, -0.25) is 13.9 Å². The van der Waals surface area contributed by atoms with E-state index >= 15 is 0 Å². The zero-order valence-electron chi connectivity index (χ0n) is 24.5. The van der Waals surface area contributed by atoms with Crippen LogP contribution in [-0.4, -0.2) is 50.0 Å². The van der Waals surface area contributed by atoms with Gasteiger partial charge in [-0.25, -0.2) is 8.42 Å². The first-order valence-corrected chi connectivity index (χ1v) is 16.5. The predicted molar refractivity (Wildman–Crippen MR) is 165 cm³/mol. The maximum absolute atomic E-state index is 14.2. The Morgan fingerprint density at radius 2 is 1.64 bits per heavy atom. The summed E-state index contributed by atoms with van der Waals surface area (Å²) in [5.41, 5.74) is 0.759. The van der Waals surface area contributed by atoms with E-state index in [1.807, 2.05) is 55.5 Å². The largest absolute Gasteiger partial charge is 0.416 e. The predicted octanol–water partition coefficient (Wildman–Crippen LogP) is 6.13. The minimum atomic E-state index is -4.78. The van der Waals surface area contributed by atoms with Crippen LogP contribution >= 0.6 is 11.6 Å². The third-order valence-electron chi connectivity index (χ3n) is 7.80. The zero-order valence-corrected chi connectivity index (χ0v) is 26.1. The monoisotopic (exact) mass is 649 g/mol. The molecular weight excluding hydrogens is 615 g/mol. The van der Waals surface area contributed by atoms with Crippen LogP contribution in [0.5, 0.6) is 0 Å². The number of nitrogens with one attached hydrogen (secondary N) is 1. The fourth-order valence-electron chi connectivity index (χ4n) is 5.37. The summed E-state index contributed by atoms with van der Waals surface area (Å²) in [4.78, 5) is 29.5. The van der Waals surface area contributed by atoms with Gasteiger partial charge in [-0.15, -0.1) is 0 Å². The molecule has 1 aliphatic carbocycles. The standard InChI is InChI=1S/C32H35ClF3N3O4S/c1-22-10-6-7-13-24(22)20-38(29(18-23-11-4-3-5-12-23)31(41)37-26-14-8-9-15-26)30(40)21-39(44(2,42)43)28-19-25(32(34,35)36)16-17-27(28)33/h3-7,10-13,16-17,19,26,29H,8-9,14-15,18,20-21H2,1-2H3,(H,37,41)/t29-/m0/s1. The molecule has 236 valence electrons. The highest BCUT2D eigenvalue weighted by Crippen LogP contribution is 2.36. The van der Waals surface area contributed by atoms with Gasteiger partial charge in [0.05, 0.1) is 22.5 Å². The number of nitrogens with zero attached hydrogens (tertiary/aromatic N) is 2. The average molecular weight is 650 g/mol. The van der Waals surface area contributed by atoms with Crippen molar-refractivity contribution in [1.82, 2.24) is 10.2 Å². The number of anilines is 1. The Labute approximate surface area is 261 Å². The van der Waals surface area contributed by atoms with Crippen LogP contribution in [0.4, 0.5) is 18.9 Å². The Hall–Kier alpha value is -3.57. The van der Waals surface area contributed by atoms with Crippen molar-refractivity contribution in [3.63, 3.8) is 0 Å². The molecule has 0 unspecified atom stereocenters. The molecule has 1 atom stereocenters. The van der Waals surface area contributed by atoms with E-state index in [0.717, 1.165) is 60.8 Å². The lowest BCUT2D eigenvalue weighted by atomic mass is 10.0. The van der Waals surface area contributed by atoms with Gasteiger partial charge in [0.15, 0.2) is 0 Å². The van der Waals surface area contributed by atoms with Crippen LogP contribution < -0.4 is 9.62 Å². The van der Waals surface area contributed by atoms with E-state index in [1.54, 1.807) is 6.07 Å². The molecule has 1 aliphatic rings. The molecule has 0 bridgehead atoms. The summed E-state index contributed by atoms with van der Waals surface area (Å²) in [5, 5.41) is 2.80. The normalized spacial score (nSPS) is 14.7. The van der Waals surface area contributed by atoms with Gasteiger partial charge in [0, 0.05) is 19.0 Å². The minimum absolute atomic E-state index is 0.0327. The molecule has 0 radical (unpaired) electrons. The van der Waals surface area contributed by atoms with Crippen molar-refractivity contribution in [2.24, 2.45) is 0 Å². The summed E-state index contributed by atoms with van der Waals surface area (Å²) in [5.74, 6) is -1.15. The Morgan fingerprint density at radius 1 is 1.00 bits per heavy atom. The molecule has 3 aromatic carbocycles. The molecule has 7 nitrogen and oxygen atoms in total. The zero-order chi connectivity index (χ0) is 32.1. The SMILES string of the molecule is Cc1ccccc1CN(C(=O)CN(c1cc(C(F)(F)F)ccc1Cl)S(C)(=O)=O)[C@@H](Cc1ccccc1)C(=O)NC1CCCC1. The quantitative estimate of drug-likeness (QED) is 0.271. The second-order valence-electron chi connectivity index (χ2n) is 11.1. The van der Waals surface area contributed by atoms with E-state index in [-0.39, 0.29) is 29.9 Å². The molecule has 12 heteroatoms. The third kappa shape index (κ3) is 8.53. The summed E-state index contributed by atoms with van der Waals surface area (Å²) in [7, 11) is -4.30. The van der Waals surface area contributed by atoms with E-state index in [1.165, 1.54) is 4.90 Å². The fourth-order valence-corrected chi connectivity index (χ4v) is 6.49. The summed E-state index contributed by atoms with van der Waals surface area (Å²) in [6, 6.07) is 17.6. The smallest absolute Gasteiger partial charge is 0.352 e. The molecule has 4 rings (SSSR count). The molecule has 0 heterocycles. The van der Waals surface area contributed by atoms with Gasteiger partial charge in [0.1, 0.15) is 12.6 Å². The van der Waals surface area contributed by atoms with Crippen molar-refractivity contribution in [2.45, 2.75) is 63.8 Å². The van der Waals surface area contributed by atoms with Gasteiger partial charge in [0.25, 0.3) is 0 Å². The Bertz CT molecular complexity index is 1580. The number of hydrogen-bond donors (Lipinski definition) is 1. The molecule has 1 N–H and O–H groups in total. The number of amides is 2. The molecule has 0 aromatic heterocycles. The third-order valence-corrected chi connectivity index (χ3v) is 9.24. The molecule has 44 heavy (non-hydrogen) atoms. The van der Waals surface area contributed by atoms with E-state index in [4.69, 9.17) is 11.6 Å². The van der Waals surface area contributed by atoms with Crippen LogP contribution in [0.1, 0.15) is 47.9 Å². The van der Waals surface area contributed by atoms with E-state index in [9.17, 15) is 31.2 Å². The highest BCUT2D eigenvalue weighted by molar-refractivity contribution is 7.92. The van der Waals surface area contributed by atoms with Crippen LogP contribution in [0, 0.1) is 6.92 Å². The van der Waals surface area contributed by atoms with Crippen LogP contribution in [0.3, 0.4) is 0 Å². The molecule has 3 aromatic rings. The van der Waals surface area contributed by atoms with Crippen molar-refractivity contribution in [3.05, 3.63) is 100 Å². The van der Waals surface area contributed by atoms with Crippen molar-refractivity contribution >= 4 is 39.1 Å². The number of aryl methyl sites for hydroxylation is 1. The molecule has 1 saturated carbocycles. The van der Waals surface area contributed by atoms with E-state index < -0.39 is 45.9 Å². The topological polar surface area (TPSA) is 86.8 Å². The number of halogens is 4. The van der Waals surface area contributed by atoms with Gasteiger partial charge in [-0.05, 0) is 54.7 Å². The first-order chi connectivity index (χ1) is 20.7.